The second-order valence-electron chi connectivity index (χ2n) is 5.67. The first-order valence-corrected chi connectivity index (χ1v) is 5.97. The van der Waals surface area contributed by atoms with Gasteiger partial charge in [0.15, 0.2) is 0 Å². The molecule has 1 atom stereocenters. The monoisotopic (exact) mass is 248 g/mol. The molecule has 0 saturated carbocycles. The number of carbonyl (C=O) groups excluding carboxylic acids is 1. The third-order valence-corrected chi connectivity index (χ3v) is 2.70. The first-order valence-electron chi connectivity index (χ1n) is 5.97. The quantitative estimate of drug-likeness (QED) is 0.800. The van der Waals surface area contributed by atoms with Gasteiger partial charge < -0.3 is 10.6 Å². The number of halogens is 1. The molecule has 1 fully saturated rings. The third kappa shape index (κ3) is 7.07. The van der Waals surface area contributed by atoms with Crippen LogP contribution in [-0.2, 0) is 4.79 Å². The summed E-state index contributed by atoms with van der Waals surface area (Å²) in [5.41, 5.74) is 0.182. The molecule has 0 aromatic carbocycles. The van der Waals surface area contributed by atoms with E-state index in [1.54, 1.807) is 0 Å². The molecule has 0 aliphatic carbocycles. The molecule has 0 aromatic heterocycles. The number of amides is 1. The van der Waals surface area contributed by atoms with Gasteiger partial charge in [-0.05, 0) is 31.2 Å². The molecule has 3 nitrogen and oxygen atoms in total. The van der Waals surface area contributed by atoms with Gasteiger partial charge in [-0.15, -0.1) is 12.4 Å². The maximum Gasteiger partial charge on any atom is 0.220 e. The molecular weight excluding hydrogens is 224 g/mol. The Kier molecular flexibility index (Phi) is 7.00. The minimum absolute atomic E-state index is 0. The van der Waals surface area contributed by atoms with Crippen LogP contribution in [0, 0.1) is 5.41 Å². The summed E-state index contributed by atoms with van der Waals surface area (Å²) in [5, 5.41) is 6.38. The van der Waals surface area contributed by atoms with E-state index in [9.17, 15) is 4.79 Å². The third-order valence-electron chi connectivity index (χ3n) is 2.70. The average Bonchev–Trinajstić information content (AvgIpc) is 2.62. The molecule has 16 heavy (non-hydrogen) atoms. The molecule has 96 valence electrons. The molecule has 1 heterocycles. The van der Waals surface area contributed by atoms with Gasteiger partial charge >= 0.3 is 0 Å². The Morgan fingerprint density at radius 1 is 1.44 bits per heavy atom. The lowest BCUT2D eigenvalue weighted by molar-refractivity contribution is -0.121. The number of rotatable bonds is 4. The summed E-state index contributed by atoms with van der Waals surface area (Å²) in [7, 11) is 0. The second-order valence-corrected chi connectivity index (χ2v) is 5.67. The molecule has 1 aliphatic rings. The molecular formula is C12H25ClN2O. The molecule has 1 aliphatic heterocycles. The van der Waals surface area contributed by atoms with Crippen molar-refractivity contribution in [2.24, 2.45) is 5.41 Å². The lowest BCUT2D eigenvalue weighted by atomic mass is 9.97. The summed E-state index contributed by atoms with van der Waals surface area (Å²) in [6.45, 7) is 8.28. The first-order chi connectivity index (χ1) is 6.97. The van der Waals surface area contributed by atoms with Gasteiger partial charge in [0.25, 0.3) is 0 Å². The van der Waals surface area contributed by atoms with Gasteiger partial charge in [0, 0.05) is 19.0 Å². The highest BCUT2D eigenvalue weighted by molar-refractivity contribution is 5.85. The van der Waals surface area contributed by atoms with Gasteiger partial charge in [0.2, 0.25) is 5.91 Å². The average molecular weight is 249 g/mol. The highest BCUT2D eigenvalue weighted by atomic mass is 35.5. The van der Waals surface area contributed by atoms with E-state index in [0.717, 1.165) is 19.5 Å². The Morgan fingerprint density at radius 3 is 2.62 bits per heavy atom. The van der Waals surface area contributed by atoms with E-state index in [1.165, 1.54) is 12.8 Å². The van der Waals surface area contributed by atoms with Crippen LogP contribution >= 0.6 is 12.4 Å². The number of hydrogen-bond acceptors (Lipinski definition) is 2. The summed E-state index contributed by atoms with van der Waals surface area (Å²) in [4.78, 5) is 11.5. The van der Waals surface area contributed by atoms with Gasteiger partial charge in [0.1, 0.15) is 0 Å². The highest BCUT2D eigenvalue weighted by Gasteiger charge is 2.16. The van der Waals surface area contributed by atoms with Gasteiger partial charge in [0.05, 0.1) is 0 Å². The summed E-state index contributed by atoms with van der Waals surface area (Å²) in [5.74, 6) is 0.193. The molecule has 1 unspecified atom stereocenters. The smallest absolute Gasteiger partial charge is 0.220 e. The predicted molar refractivity (Wildman–Crippen MR) is 70.0 cm³/mol. The van der Waals surface area contributed by atoms with Gasteiger partial charge in [-0.1, -0.05) is 20.8 Å². The van der Waals surface area contributed by atoms with Crippen molar-refractivity contribution in [2.75, 3.05) is 13.1 Å². The van der Waals surface area contributed by atoms with Gasteiger partial charge in [-0.3, -0.25) is 4.79 Å². The van der Waals surface area contributed by atoms with Crippen molar-refractivity contribution in [1.29, 1.82) is 0 Å². The SMILES string of the molecule is CC(C)(C)CNC(=O)CCC1CCCN1.Cl. The molecule has 0 bridgehead atoms. The summed E-state index contributed by atoms with van der Waals surface area (Å²) in [6, 6.07) is 0.574. The van der Waals surface area contributed by atoms with Crippen molar-refractivity contribution >= 4 is 18.3 Å². The summed E-state index contributed by atoms with van der Waals surface area (Å²) in [6.07, 6.45) is 4.13. The largest absolute Gasteiger partial charge is 0.356 e. The van der Waals surface area contributed by atoms with Crippen molar-refractivity contribution in [2.45, 2.75) is 52.5 Å². The van der Waals surface area contributed by atoms with Crippen LogP contribution in [0.25, 0.3) is 0 Å². The zero-order valence-corrected chi connectivity index (χ0v) is 11.5. The number of hydrogen-bond donors (Lipinski definition) is 2. The molecule has 2 N–H and O–H groups in total. The van der Waals surface area contributed by atoms with Gasteiger partial charge in [-0.2, -0.15) is 0 Å². The van der Waals surface area contributed by atoms with Crippen molar-refractivity contribution in [1.82, 2.24) is 10.6 Å². The molecule has 1 saturated heterocycles. The standard InChI is InChI=1S/C12H24N2O.ClH/c1-12(2,3)9-14-11(15)7-6-10-5-4-8-13-10;/h10,13H,4-9H2,1-3H3,(H,14,15);1H. The molecule has 1 rings (SSSR count). The van der Waals surface area contributed by atoms with Crippen molar-refractivity contribution in [3.8, 4) is 0 Å². The lowest BCUT2D eigenvalue weighted by Crippen LogP contribution is -2.33. The van der Waals surface area contributed by atoms with Crippen molar-refractivity contribution in [3.63, 3.8) is 0 Å². The van der Waals surface area contributed by atoms with Gasteiger partial charge in [-0.25, -0.2) is 0 Å². The molecule has 1 amide bonds. The highest BCUT2D eigenvalue weighted by Crippen LogP contribution is 2.12. The Morgan fingerprint density at radius 2 is 2.12 bits per heavy atom. The van der Waals surface area contributed by atoms with E-state index >= 15 is 0 Å². The van der Waals surface area contributed by atoms with Crippen LogP contribution < -0.4 is 10.6 Å². The van der Waals surface area contributed by atoms with Crippen molar-refractivity contribution in [3.05, 3.63) is 0 Å². The fourth-order valence-corrected chi connectivity index (χ4v) is 1.76. The molecule has 4 heteroatoms. The Labute approximate surface area is 105 Å². The minimum atomic E-state index is 0. The van der Waals surface area contributed by atoms with Crippen molar-refractivity contribution < 1.29 is 4.79 Å². The Hall–Kier alpha value is -0.280. The topological polar surface area (TPSA) is 41.1 Å². The fraction of sp³-hybridized carbons (Fsp3) is 0.917. The van der Waals surface area contributed by atoms with Crippen LogP contribution in [0.4, 0.5) is 0 Å². The Bertz CT molecular complexity index is 208. The fourth-order valence-electron chi connectivity index (χ4n) is 1.76. The van der Waals surface area contributed by atoms with Crippen LogP contribution in [0.3, 0.4) is 0 Å². The molecule has 0 aromatic rings. The van der Waals surface area contributed by atoms with Crippen LogP contribution in [0.15, 0.2) is 0 Å². The first kappa shape index (κ1) is 15.7. The van der Waals surface area contributed by atoms with E-state index in [2.05, 4.69) is 31.4 Å². The van der Waals surface area contributed by atoms with E-state index in [0.29, 0.717) is 12.5 Å². The maximum atomic E-state index is 11.5. The zero-order chi connectivity index (χ0) is 11.3. The minimum Gasteiger partial charge on any atom is -0.356 e. The van der Waals surface area contributed by atoms with Crippen LogP contribution in [0.1, 0.15) is 46.5 Å². The lowest BCUT2D eigenvalue weighted by Gasteiger charge is -2.19. The summed E-state index contributed by atoms with van der Waals surface area (Å²) < 4.78 is 0. The zero-order valence-electron chi connectivity index (χ0n) is 10.6. The van der Waals surface area contributed by atoms with Crippen LogP contribution in [0.5, 0.6) is 0 Å². The summed E-state index contributed by atoms with van der Waals surface area (Å²) >= 11 is 0. The number of carbonyl (C=O) groups is 1. The van der Waals surface area contributed by atoms with E-state index in [4.69, 9.17) is 0 Å². The van der Waals surface area contributed by atoms with Crippen LogP contribution in [-0.4, -0.2) is 25.0 Å². The number of nitrogens with one attached hydrogen (secondary N) is 2. The molecule has 0 radical (unpaired) electrons. The predicted octanol–water partition coefficient (Wildman–Crippen LogP) is 2.10. The second kappa shape index (κ2) is 7.13. The maximum absolute atomic E-state index is 11.5. The van der Waals surface area contributed by atoms with Crippen LogP contribution in [0.2, 0.25) is 0 Å². The normalized spacial score (nSPS) is 20.3. The van der Waals surface area contributed by atoms with E-state index in [1.807, 2.05) is 0 Å². The van der Waals surface area contributed by atoms with E-state index < -0.39 is 0 Å². The Balaban J connectivity index is 0.00000225. The molecule has 0 spiro atoms. The van der Waals surface area contributed by atoms with E-state index in [-0.39, 0.29) is 23.7 Å².